The van der Waals surface area contributed by atoms with Crippen LogP contribution in [0.1, 0.15) is 44.9 Å². The van der Waals surface area contributed by atoms with Crippen molar-refractivity contribution in [3.8, 4) is 0 Å². The third-order valence-electron chi connectivity index (χ3n) is 3.88. The molecule has 0 bridgehead atoms. The Hall–Kier alpha value is 0.350. The second kappa shape index (κ2) is 4.04. The fraction of sp³-hybridized carbons (Fsp3) is 1.00. The molecule has 2 aliphatic carbocycles. The summed E-state index contributed by atoms with van der Waals surface area (Å²) < 4.78 is 0. The molecule has 0 amide bonds. The Morgan fingerprint density at radius 2 is 1.58 bits per heavy atom. The molecule has 0 aromatic carbocycles. The van der Waals surface area contributed by atoms with Crippen LogP contribution >= 0.6 is 12.6 Å². The van der Waals surface area contributed by atoms with E-state index in [1.165, 1.54) is 44.9 Å². The van der Waals surface area contributed by atoms with Crippen molar-refractivity contribution in [3.05, 3.63) is 0 Å². The molecule has 1 heteroatoms. The summed E-state index contributed by atoms with van der Waals surface area (Å²) >= 11 is 4.33. The number of hydrogen-bond acceptors (Lipinski definition) is 1. The van der Waals surface area contributed by atoms with Crippen molar-refractivity contribution < 1.29 is 0 Å². The smallest absolute Gasteiger partial charge is 0.00953 e. The topological polar surface area (TPSA) is 0 Å². The predicted molar refractivity (Wildman–Crippen MR) is 56.6 cm³/mol. The summed E-state index contributed by atoms with van der Waals surface area (Å²) in [5.41, 5.74) is 0. The molecule has 0 nitrogen and oxygen atoms in total. The summed E-state index contributed by atoms with van der Waals surface area (Å²) in [6.45, 7) is 0. The minimum atomic E-state index is 1.04. The summed E-state index contributed by atoms with van der Waals surface area (Å²) in [4.78, 5) is 0. The molecule has 2 aliphatic rings. The fourth-order valence-electron chi connectivity index (χ4n) is 3.28. The molecular weight excluding hydrogens is 164 g/mol. The molecule has 0 aromatic heterocycles. The van der Waals surface area contributed by atoms with Gasteiger partial charge in [0, 0.05) is 0 Å². The van der Waals surface area contributed by atoms with Crippen molar-refractivity contribution in [1.29, 1.82) is 0 Å². The van der Waals surface area contributed by atoms with E-state index in [1.807, 2.05) is 0 Å². The summed E-state index contributed by atoms with van der Waals surface area (Å²) in [6.07, 6.45) is 10.5. The molecule has 2 saturated carbocycles. The third kappa shape index (κ3) is 1.81. The normalized spacial score (nSPS) is 41.2. The zero-order valence-electron chi connectivity index (χ0n) is 7.84. The van der Waals surface area contributed by atoms with Gasteiger partial charge >= 0.3 is 0 Å². The van der Waals surface area contributed by atoms with Gasteiger partial charge in [0.2, 0.25) is 0 Å². The van der Waals surface area contributed by atoms with Gasteiger partial charge in [-0.05, 0) is 42.8 Å². The average Bonchev–Trinajstić information content (AvgIpc) is 2.47. The van der Waals surface area contributed by atoms with Gasteiger partial charge in [-0.3, -0.25) is 0 Å². The zero-order valence-corrected chi connectivity index (χ0v) is 8.73. The molecule has 2 atom stereocenters. The van der Waals surface area contributed by atoms with Crippen molar-refractivity contribution in [2.75, 3.05) is 5.75 Å². The Morgan fingerprint density at radius 1 is 1.00 bits per heavy atom. The van der Waals surface area contributed by atoms with Crippen LogP contribution in [0, 0.1) is 17.8 Å². The van der Waals surface area contributed by atoms with E-state index in [9.17, 15) is 0 Å². The highest BCUT2D eigenvalue weighted by Gasteiger charge is 2.34. The van der Waals surface area contributed by atoms with Crippen molar-refractivity contribution in [1.82, 2.24) is 0 Å². The molecule has 2 fully saturated rings. The van der Waals surface area contributed by atoms with Gasteiger partial charge in [-0.2, -0.15) is 12.6 Å². The first-order valence-electron chi connectivity index (χ1n) is 5.51. The first kappa shape index (κ1) is 8.93. The van der Waals surface area contributed by atoms with E-state index >= 15 is 0 Å². The van der Waals surface area contributed by atoms with Crippen LogP contribution in [-0.4, -0.2) is 5.75 Å². The SMILES string of the molecule is SCCC1CC2CCCCC2C1. The molecule has 2 rings (SSSR count). The quantitative estimate of drug-likeness (QED) is 0.624. The number of rotatable bonds is 2. The van der Waals surface area contributed by atoms with Crippen LogP contribution in [0.15, 0.2) is 0 Å². The van der Waals surface area contributed by atoms with Crippen molar-refractivity contribution >= 4 is 12.6 Å². The van der Waals surface area contributed by atoms with Crippen molar-refractivity contribution in [2.45, 2.75) is 44.9 Å². The molecule has 0 spiro atoms. The van der Waals surface area contributed by atoms with Crippen LogP contribution in [0.4, 0.5) is 0 Å². The predicted octanol–water partition coefficient (Wildman–Crippen LogP) is 3.52. The van der Waals surface area contributed by atoms with E-state index < -0.39 is 0 Å². The van der Waals surface area contributed by atoms with E-state index in [0.717, 1.165) is 23.5 Å². The highest BCUT2D eigenvalue weighted by molar-refractivity contribution is 7.80. The molecule has 0 aromatic rings. The Morgan fingerprint density at radius 3 is 2.08 bits per heavy atom. The van der Waals surface area contributed by atoms with Gasteiger partial charge in [0.25, 0.3) is 0 Å². The number of thiol groups is 1. The highest BCUT2D eigenvalue weighted by Crippen LogP contribution is 2.46. The lowest BCUT2D eigenvalue weighted by Gasteiger charge is -2.24. The molecule has 70 valence electrons. The molecule has 0 heterocycles. The van der Waals surface area contributed by atoms with E-state index in [2.05, 4.69) is 12.6 Å². The minimum absolute atomic E-state index is 1.04. The molecule has 12 heavy (non-hydrogen) atoms. The van der Waals surface area contributed by atoms with Gasteiger partial charge in [-0.25, -0.2) is 0 Å². The maximum Gasteiger partial charge on any atom is -0.00953 e. The lowest BCUT2D eigenvalue weighted by Crippen LogP contribution is -2.12. The van der Waals surface area contributed by atoms with Crippen LogP contribution in [-0.2, 0) is 0 Å². The minimum Gasteiger partial charge on any atom is -0.179 e. The maximum absolute atomic E-state index is 4.33. The van der Waals surface area contributed by atoms with Crippen LogP contribution in [0.3, 0.4) is 0 Å². The molecular formula is C11H20S. The zero-order chi connectivity index (χ0) is 8.39. The molecule has 0 saturated heterocycles. The molecule has 2 unspecified atom stereocenters. The maximum atomic E-state index is 4.33. The summed E-state index contributed by atoms with van der Waals surface area (Å²) in [5, 5.41) is 0. The van der Waals surface area contributed by atoms with Crippen LogP contribution in [0.5, 0.6) is 0 Å². The monoisotopic (exact) mass is 184 g/mol. The van der Waals surface area contributed by atoms with Crippen LogP contribution < -0.4 is 0 Å². The van der Waals surface area contributed by atoms with Crippen molar-refractivity contribution in [3.63, 3.8) is 0 Å². The first-order valence-corrected chi connectivity index (χ1v) is 6.14. The third-order valence-corrected chi connectivity index (χ3v) is 4.13. The summed E-state index contributed by atoms with van der Waals surface area (Å²) in [5.74, 6) is 4.37. The molecule has 0 radical (unpaired) electrons. The Labute approximate surface area is 81.5 Å². The van der Waals surface area contributed by atoms with Gasteiger partial charge < -0.3 is 0 Å². The Bertz CT molecular complexity index is 130. The number of fused-ring (bicyclic) bond motifs is 1. The van der Waals surface area contributed by atoms with E-state index in [1.54, 1.807) is 0 Å². The lowest BCUT2D eigenvalue weighted by molar-refractivity contribution is 0.277. The van der Waals surface area contributed by atoms with Gasteiger partial charge in [0.05, 0.1) is 0 Å². The van der Waals surface area contributed by atoms with Gasteiger partial charge in [0.15, 0.2) is 0 Å². The second-order valence-corrected chi connectivity index (χ2v) is 5.10. The van der Waals surface area contributed by atoms with E-state index in [4.69, 9.17) is 0 Å². The van der Waals surface area contributed by atoms with E-state index in [-0.39, 0.29) is 0 Å². The lowest BCUT2D eigenvalue weighted by atomic mass is 9.82. The molecule has 0 aliphatic heterocycles. The Kier molecular flexibility index (Phi) is 3.00. The van der Waals surface area contributed by atoms with E-state index in [0.29, 0.717) is 0 Å². The summed E-state index contributed by atoms with van der Waals surface area (Å²) in [6, 6.07) is 0. The average molecular weight is 184 g/mol. The largest absolute Gasteiger partial charge is 0.179 e. The van der Waals surface area contributed by atoms with Crippen LogP contribution in [0.2, 0.25) is 0 Å². The fourth-order valence-corrected chi connectivity index (χ4v) is 3.64. The highest BCUT2D eigenvalue weighted by atomic mass is 32.1. The molecule has 0 N–H and O–H groups in total. The van der Waals surface area contributed by atoms with Gasteiger partial charge in [-0.1, -0.05) is 25.7 Å². The van der Waals surface area contributed by atoms with Gasteiger partial charge in [-0.15, -0.1) is 0 Å². The van der Waals surface area contributed by atoms with Gasteiger partial charge in [0.1, 0.15) is 0 Å². The summed E-state index contributed by atoms with van der Waals surface area (Å²) in [7, 11) is 0. The second-order valence-electron chi connectivity index (χ2n) is 4.65. The number of hydrogen-bond donors (Lipinski definition) is 1. The first-order chi connectivity index (χ1) is 5.90. The standard InChI is InChI=1S/C11H20S/c12-6-5-9-7-10-3-1-2-4-11(10)8-9/h9-12H,1-8H2. The van der Waals surface area contributed by atoms with Crippen molar-refractivity contribution in [2.24, 2.45) is 17.8 Å². The Balaban J connectivity index is 1.85. The van der Waals surface area contributed by atoms with Crippen LogP contribution in [0.25, 0.3) is 0 Å².